The van der Waals surface area contributed by atoms with Crippen LogP contribution in [0.4, 0.5) is 0 Å². The van der Waals surface area contributed by atoms with E-state index in [-0.39, 0.29) is 18.6 Å². The minimum absolute atomic E-state index is 0.0374. The molecule has 6 heteroatoms. The SMILES string of the molecule is COc1cc2cc(C(=O)CCC(=O)O)sc2cc1CCCBr. The van der Waals surface area contributed by atoms with Gasteiger partial charge in [0, 0.05) is 16.5 Å². The Morgan fingerprint density at radius 3 is 2.68 bits per heavy atom. The lowest BCUT2D eigenvalue weighted by Crippen LogP contribution is -2.01. The fourth-order valence-electron chi connectivity index (χ4n) is 2.23. The largest absolute Gasteiger partial charge is 0.496 e. The Morgan fingerprint density at radius 2 is 2.05 bits per heavy atom. The number of ether oxygens (including phenoxy) is 1. The molecule has 1 heterocycles. The van der Waals surface area contributed by atoms with E-state index in [0.717, 1.165) is 39.6 Å². The van der Waals surface area contributed by atoms with Gasteiger partial charge in [-0.2, -0.15) is 0 Å². The standard InChI is InChI=1S/C16H17BrO4S/c1-21-13-7-11-9-15(12(18)4-5-16(19)20)22-14(11)8-10(13)3-2-6-17/h7-9H,2-6H2,1H3,(H,19,20). The summed E-state index contributed by atoms with van der Waals surface area (Å²) in [7, 11) is 1.64. The van der Waals surface area contributed by atoms with Crippen molar-refractivity contribution in [1.82, 2.24) is 0 Å². The smallest absolute Gasteiger partial charge is 0.303 e. The summed E-state index contributed by atoms with van der Waals surface area (Å²) in [4.78, 5) is 23.2. The molecular formula is C16H17BrO4S. The average molecular weight is 385 g/mol. The number of halogens is 1. The van der Waals surface area contributed by atoms with Gasteiger partial charge in [-0.15, -0.1) is 11.3 Å². The van der Waals surface area contributed by atoms with Gasteiger partial charge in [-0.3, -0.25) is 9.59 Å². The van der Waals surface area contributed by atoms with Crippen LogP contribution in [0.25, 0.3) is 10.1 Å². The van der Waals surface area contributed by atoms with Crippen molar-refractivity contribution in [2.75, 3.05) is 12.4 Å². The van der Waals surface area contributed by atoms with E-state index in [1.807, 2.05) is 12.1 Å². The van der Waals surface area contributed by atoms with Crippen LogP contribution >= 0.6 is 27.3 Å². The van der Waals surface area contributed by atoms with Crippen molar-refractivity contribution in [2.45, 2.75) is 25.7 Å². The van der Waals surface area contributed by atoms with Gasteiger partial charge in [0.15, 0.2) is 5.78 Å². The predicted molar refractivity (Wildman–Crippen MR) is 91.7 cm³/mol. The third kappa shape index (κ3) is 4.08. The molecule has 0 atom stereocenters. The molecule has 0 spiro atoms. The summed E-state index contributed by atoms with van der Waals surface area (Å²) in [6, 6.07) is 5.83. The Morgan fingerprint density at radius 1 is 1.27 bits per heavy atom. The van der Waals surface area contributed by atoms with Crippen molar-refractivity contribution in [1.29, 1.82) is 0 Å². The highest BCUT2D eigenvalue weighted by atomic mass is 79.9. The van der Waals surface area contributed by atoms with Crippen LogP contribution in [0.3, 0.4) is 0 Å². The number of carbonyl (C=O) groups is 2. The van der Waals surface area contributed by atoms with Gasteiger partial charge in [-0.1, -0.05) is 15.9 Å². The van der Waals surface area contributed by atoms with Crippen LogP contribution in [-0.2, 0) is 11.2 Å². The number of carboxylic acid groups (broad SMARTS) is 1. The van der Waals surface area contributed by atoms with Crippen molar-refractivity contribution in [3.05, 3.63) is 28.6 Å². The maximum atomic E-state index is 12.0. The summed E-state index contributed by atoms with van der Waals surface area (Å²) >= 11 is 4.84. The Labute approximate surface area is 141 Å². The van der Waals surface area contributed by atoms with Crippen LogP contribution in [-0.4, -0.2) is 29.3 Å². The first-order chi connectivity index (χ1) is 10.5. The third-order valence-electron chi connectivity index (χ3n) is 3.34. The summed E-state index contributed by atoms with van der Waals surface area (Å²) in [6.45, 7) is 0. The van der Waals surface area contributed by atoms with Crippen molar-refractivity contribution >= 4 is 49.1 Å². The van der Waals surface area contributed by atoms with E-state index in [2.05, 4.69) is 22.0 Å². The molecule has 0 aliphatic rings. The highest BCUT2D eigenvalue weighted by Crippen LogP contribution is 2.33. The van der Waals surface area contributed by atoms with Gasteiger partial charge in [0.05, 0.1) is 18.4 Å². The number of ketones is 1. The molecule has 0 saturated heterocycles. The van der Waals surface area contributed by atoms with Crippen molar-refractivity contribution in [2.24, 2.45) is 0 Å². The van der Waals surface area contributed by atoms with Crippen LogP contribution in [0.5, 0.6) is 5.75 Å². The number of thiophene rings is 1. The minimum atomic E-state index is -0.951. The number of rotatable bonds is 8. The number of carbonyl (C=O) groups excluding carboxylic acids is 1. The fourth-order valence-corrected chi connectivity index (χ4v) is 3.59. The number of carboxylic acids is 1. The highest BCUT2D eigenvalue weighted by Gasteiger charge is 2.14. The van der Waals surface area contributed by atoms with E-state index in [9.17, 15) is 9.59 Å². The number of aryl methyl sites for hydroxylation is 1. The first-order valence-corrected chi connectivity index (χ1v) is 8.90. The van der Waals surface area contributed by atoms with Gasteiger partial charge in [0.2, 0.25) is 0 Å². The van der Waals surface area contributed by atoms with Crippen LogP contribution in [0.1, 0.15) is 34.5 Å². The molecule has 0 aliphatic carbocycles. The molecule has 0 radical (unpaired) electrons. The Balaban J connectivity index is 2.29. The maximum Gasteiger partial charge on any atom is 0.303 e. The monoisotopic (exact) mass is 384 g/mol. The second-order valence-electron chi connectivity index (χ2n) is 4.92. The van der Waals surface area contributed by atoms with Gasteiger partial charge in [-0.25, -0.2) is 0 Å². The molecular weight excluding hydrogens is 368 g/mol. The van der Waals surface area contributed by atoms with Crippen LogP contribution in [0, 0.1) is 0 Å². The summed E-state index contributed by atoms with van der Waals surface area (Å²) < 4.78 is 6.46. The lowest BCUT2D eigenvalue weighted by atomic mass is 10.1. The van der Waals surface area contributed by atoms with Crippen molar-refractivity contribution in [3.8, 4) is 5.75 Å². The molecule has 0 fully saturated rings. The molecule has 0 saturated carbocycles. The molecule has 2 aromatic rings. The number of hydrogen-bond donors (Lipinski definition) is 1. The number of methoxy groups -OCH3 is 1. The van der Waals surface area contributed by atoms with E-state index in [1.165, 1.54) is 11.3 Å². The molecule has 118 valence electrons. The lowest BCUT2D eigenvalue weighted by Gasteiger charge is -2.07. The molecule has 2 rings (SSSR count). The number of Topliss-reactive ketones (excluding diaryl/α,β-unsaturated/α-hetero) is 1. The quantitative estimate of drug-likeness (QED) is 0.544. The number of fused-ring (bicyclic) bond motifs is 1. The first kappa shape index (κ1) is 17.0. The number of hydrogen-bond acceptors (Lipinski definition) is 4. The van der Waals surface area contributed by atoms with Gasteiger partial charge in [0.25, 0.3) is 0 Å². The number of alkyl halides is 1. The van der Waals surface area contributed by atoms with Crippen molar-refractivity contribution < 1.29 is 19.4 Å². The molecule has 22 heavy (non-hydrogen) atoms. The fraction of sp³-hybridized carbons (Fsp3) is 0.375. The number of aliphatic carboxylic acids is 1. The van der Waals surface area contributed by atoms with E-state index < -0.39 is 5.97 Å². The number of benzene rings is 1. The molecule has 0 unspecified atom stereocenters. The molecule has 0 aliphatic heterocycles. The molecule has 0 bridgehead atoms. The van der Waals surface area contributed by atoms with Crippen LogP contribution in [0.2, 0.25) is 0 Å². The molecule has 1 aromatic carbocycles. The molecule has 1 aromatic heterocycles. The third-order valence-corrected chi connectivity index (χ3v) is 5.04. The summed E-state index contributed by atoms with van der Waals surface area (Å²) in [6.07, 6.45) is 1.82. The van der Waals surface area contributed by atoms with Crippen molar-refractivity contribution in [3.63, 3.8) is 0 Å². The second kappa shape index (κ2) is 7.74. The van der Waals surface area contributed by atoms with Crippen LogP contribution in [0.15, 0.2) is 18.2 Å². The highest BCUT2D eigenvalue weighted by molar-refractivity contribution is 9.09. The zero-order valence-electron chi connectivity index (χ0n) is 12.2. The Kier molecular flexibility index (Phi) is 5.97. The molecule has 4 nitrogen and oxygen atoms in total. The average Bonchev–Trinajstić information content (AvgIpc) is 2.92. The first-order valence-electron chi connectivity index (χ1n) is 6.96. The van der Waals surface area contributed by atoms with Gasteiger partial charge < -0.3 is 9.84 Å². The topological polar surface area (TPSA) is 63.6 Å². The van der Waals surface area contributed by atoms with E-state index in [1.54, 1.807) is 7.11 Å². The normalized spacial score (nSPS) is 10.8. The summed E-state index contributed by atoms with van der Waals surface area (Å²) in [5.74, 6) is -0.242. The zero-order valence-corrected chi connectivity index (χ0v) is 14.6. The summed E-state index contributed by atoms with van der Waals surface area (Å²) in [5, 5.41) is 10.6. The van der Waals surface area contributed by atoms with Gasteiger partial charge in [-0.05, 0) is 42.0 Å². The van der Waals surface area contributed by atoms with Crippen LogP contribution < -0.4 is 4.74 Å². The Bertz CT molecular complexity index is 693. The maximum absolute atomic E-state index is 12.0. The Hall–Kier alpha value is -1.40. The van der Waals surface area contributed by atoms with E-state index in [4.69, 9.17) is 9.84 Å². The van der Waals surface area contributed by atoms with E-state index >= 15 is 0 Å². The van der Waals surface area contributed by atoms with E-state index in [0.29, 0.717) is 4.88 Å². The second-order valence-corrected chi connectivity index (χ2v) is 6.80. The molecule has 1 N–H and O–H groups in total. The van der Waals surface area contributed by atoms with Gasteiger partial charge >= 0.3 is 5.97 Å². The molecule has 0 amide bonds. The van der Waals surface area contributed by atoms with Gasteiger partial charge in [0.1, 0.15) is 5.75 Å². The predicted octanol–water partition coefficient (Wildman–Crippen LogP) is 4.28. The summed E-state index contributed by atoms with van der Waals surface area (Å²) in [5.41, 5.74) is 1.13. The zero-order chi connectivity index (χ0) is 16.1. The minimum Gasteiger partial charge on any atom is -0.496 e. The lowest BCUT2D eigenvalue weighted by molar-refractivity contribution is -0.136.